The second-order valence-corrected chi connectivity index (χ2v) is 4.01. The normalized spacial score (nSPS) is 10.3. The Morgan fingerprint density at radius 2 is 1.78 bits per heavy atom. The van der Waals surface area contributed by atoms with Crippen LogP contribution < -0.4 is 5.43 Å². The topological polar surface area (TPSA) is 39.1 Å². The summed E-state index contributed by atoms with van der Waals surface area (Å²) in [5.74, 6) is -0.477. The van der Waals surface area contributed by atoms with Crippen LogP contribution in [-0.2, 0) is 17.8 Å². The highest BCUT2D eigenvalue weighted by Gasteiger charge is 2.07. The van der Waals surface area contributed by atoms with Gasteiger partial charge in [0.15, 0.2) is 11.2 Å². The van der Waals surface area contributed by atoms with Gasteiger partial charge in [-0.25, -0.2) is 4.39 Å². The number of ketones is 1. The molecule has 0 aliphatic heterocycles. The molecule has 0 amide bonds. The van der Waals surface area contributed by atoms with Crippen LogP contribution in [0.3, 0.4) is 0 Å². The molecule has 3 nitrogen and oxygen atoms in total. The minimum atomic E-state index is -0.370. The SMILES string of the molecule is O=C(Cc1ccccc1F)Cn1ccc(=O)cc1. The molecule has 0 aliphatic carbocycles. The number of nitrogens with zero attached hydrogens (tertiary/aromatic N) is 1. The monoisotopic (exact) mass is 245 g/mol. The summed E-state index contributed by atoms with van der Waals surface area (Å²) in [5, 5.41) is 0. The molecule has 1 aromatic carbocycles. The third-order valence-corrected chi connectivity index (χ3v) is 2.56. The zero-order valence-electron chi connectivity index (χ0n) is 9.67. The van der Waals surface area contributed by atoms with E-state index in [1.165, 1.54) is 18.2 Å². The highest BCUT2D eigenvalue weighted by atomic mass is 19.1. The molecule has 1 aromatic heterocycles. The van der Waals surface area contributed by atoms with Gasteiger partial charge >= 0.3 is 0 Å². The molecule has 0 N–H and O–H groups in total. The van der Waals surface area contributed by atoms with Crippen molar-refractivity contribution in [3.63, 3.8) is 0 Å². The minimum Gasteiger partial charge on any atom is -0.347 e. The number of hydrogen-bond donors (Lipinski definition) is 0. The van der Waals surface area contributed by atoms with E-state index >= 15 is 0 Å². The van der Waals surface area contributed by atoms with Crippen molar-refractivity contribution < 1.29 is 9.18 Å². The van der Waals surface area contributed by atoms with Crippen LogP contribution in [-0.4, -0.2) is 10.4 Å². The van der Waals surface area contributed by atoms with Crippen LogP contribution in [0.15, 0.2) is 53.6 Å². The minimum absolute atomic E-state index is 0.0544. The maximum absolute atomic E-state index is 13.3. The number of carbonyl (C=O) groups excluding carboxylic acids is 1. The summed E-state index contributed by atoms with van der Waals surface area (Å²) in [4.78, 5) is 22.6. The van der Waals surface area contributed by atoms with E-state index in [-0.39, 0.29) is 30.0 Å². The van der Waals surface area contributed by atoms with Crippen molar-refractivity contribution in [2.45, 2.75) is 13.0 Å². The molecule has 2 rings (SSSR count). The van der Waals surface area contributed by atoms with E-state index in [2.05, 4.69) is 0 Å². The maximum Gasteiger partial charge on any atom is 0.181 e. The molecule has 2 aromatic rings. The standard InChI is InChI=1S/C14H12FNO2/c15-14-4-2-1-3-11(14)9-13(18)10-16-7-5-12(17)6-8-16/h1-8H,9-10H2. The Morgan fingerprint density at radius 1 is 1.11 bits per heavy atom. The first-order valence-corrected chi connectivity index (χ1v) is 5.56. The van der Waals surface area contributed by atoms with E-state index in [9.17, 15) is 14.0 Å². The lowest BCUT2D eigenvalue weighted by Crippen LogP contribution is -2.14. The molecule has 1 heterocycles. The number of halogens is 1. The number of carbonyl (C=O) groups is 1. The molecule has 0 atom stereocenters. The number of aromatic nitrogens is 1. The molecule has 0 saturated carbocycles. The van der Waals surface area contributed by atoms with Crippen molar-refractivity contribution >= 4 is 5.78 Å². The Kier molecular flexibility index (Phi) is 3.67. The maximum atomic E-state index is 13.3. The molecule has 0 bridgehead atoms. The van der Waals surface area contributed by atoms with Gasteiger partial charge in [-0.2, -0.15) is 0 Å². The second-order valence-electron chi connectivity index (χ2n) is 4.01. The van der Waals surface area contributed by atoms with Gasteiger partial charge in [-0.15, -0.1) is 0 Å². The van der Waals surface area contributed by atoms with E-state index in [0.29, 0.717) is 5.56 Å². The number of hydrogen-bond acceptors (Lipinski definition) is 2. The van der Waals surface area contributed by atoms with Gasteiger partial charge in [0.05, 0.1) is 6.54 Å². The summed E-state index contributed by atoms with van der Waals surface area (Å²) in [6.07, 6.45) is 3.14. The van der Waals surface area contributed by atoms with Crippen LogP contribution in [0.1, 0.15) is 5.56 Å². The fourth-order valence-electron chi connectivity index (χ4n) is 1.66. The van der Waals surface area contributed by atoms with Crippen LogP contribution in [0.4, 0.5) is 4.39 Å². The molecule has 0 aliphatic rings. The van der Waals surface area contributed by atoms with E-state index in [1.807, 2.05) is 0 Å². The molecular formula is C14H12FNO2. The molecule has 18 heavy (non-hydrogen) atoms. The smallest absolute Gasteiger partial charge is 0.181 e. The summed E-state index contributed by atoms with van der Waals surface area (Å²) in [5.41, 5.74) is 0.288. The average Bonchev–Trinajstić information content (AvgIpc) is 2.35. The van der Waals surface area contributed by atoms with Crippen LogP contribution in [0.25, 0.3) is 0 Å². The van der Waals surface area contributed by atoms with Crippen molar-refractivity contribution in [1.82, 2.24) is 4.57 Å². The molecule has 0 saturated heterocycles. The fourth-order valence-corrected chi connectivity index (χ4v) is 1.66. The zero-order valence-corrected chi connectivity index (χ0v) is 9.67. The first-order valence-electron chi connectivity index (χ1n) is 5.56. The van der Waals surface area contributed by atoms with Gasteiger partial charge in [-0.1, -0.05) is 18.2 Å². The summed E-state index contributed by atoms with van der Waals surface area (Å²) in [6.45, 7) is 0.134. The van der Waals surface area contributed by atoms with Crippen molar-refractivity contribution in [1.29, 1.82) is 0 Å². The van der Waals surface area contributed by atoms with E-state index in [4.69, 9.17) is 0 Å². The van der Waals surface area contributed by atoms with Gasteiger partial charge in [0, 0.05) is 30.9 Å². The lowest BCUT2D eigenvalue weighted by molar-refractivity contribution is -0.119. The molecule has 0 fully saturated rings. The summed E-state index contributed by atoms with van der Waals surface area (Å²) in [6, 6.07) is 8.99. The summed E-state index contributed by atoms with van der Waals surface area (Å²) >= 11 is 0. The Hall–Kier alpha value is -2.23. The lowest BCUT2D eigenvalue weighted by atomic mass is 10.1. The van der Waals surface area contributed by atoms with Crippen molar-refractivity contribution in [3.05, 3.63) is 70.4 Å². The van der Waals surface area contributed by atoms with Crippen LogP contribution >= 0.6 is 0 Å². The Bertz CT molecular complexity index is 599. The van der Waals surface area contributed by atoms with Gasteiger partial charge in [0.1, 0.15) is 5.82 Å². The first-order chi connectivity index (χ1) is 8.65. The largest absolute Gasteiger partial charge is 0.347 e. The van der Waals surface area contributed by atoms with Gasteiger partial charge in [-0.3, -0.25) is 9.59 Å². The molecule has 0 spiro atoms. The van der Waals surface area contributed by atoms with Crippen molar-refractivity contribution in [2.24, 2.45) is 0 Å². The van der Waals surface area contributed by atoms with Crippen LogP contribution in [0.2, 0.25) is 0 Å². The fraction of sp³-hybridized carbons (Fsp3) is 0.143. The summed E-state index contributed by atoms with van der Waals surface area (Å²) in [7, 11) is 0. The predicted octanol–water partition coefficient (Wildman–Crippen LogP) is 1.80. The third kappa shape index (κ3) is 3.13. The van der Waals surface area contributed by atoms with Crippen molar-refractivity contribution in [2.75, 3.05) is 0 Å². The quantitative estimate of drug-likeness (QED) is 0.824. The summed E-state index contributed by atoms with van der Waals surface area (Å²) < 4.78 is 14.9. The first kappa shape index (κ1) is 12.2. The molecule has 0 radical (unpaired) electrons. The second kappa shape index (κ2) is 5.40. The number of rotatable bonds is 4. The predicted molar refractivity (Wildman–Crippen MR) is 65.8 cm³/mol. The Morgan fingerprint density at radius 3 is 2.44 bits per heavy atom. The third-order valence-electron chi connectivity index (χ3n) is 2.56. The molecule has 92 valence electrons. The van der Waals surface area contributed by atoms with E-state index < -0.39 is 0 Å². The molecule has 0 unspecified atom stereocenters. The Balaban J connectivity index is 2.03. The highest BCUT2D eigenvalue weighted by molar-refractivity contribution is 5.80. The number of pyridine rings is 1. The average molecular weight is 245 g/mol. The van der Waals surface area contributed by atoms with Gasteiger partial charge in [-0.05, 0) is 11.6 Å². The van der Waals surface area contributed by atoms with Crippen molar-refractivity contribution in [3.8, 4) is 0 Å². The van der Waals surface area contributed by atoms with Crippen LogP contribution in [0, 0.1) is 5.82 Å². The molecular weight excluding hydrogens is 233 g/mol. The number of Topliss-reactive ketones (excluding diaryl/α,β-unsaturated/α-hetero) is 1. The zero-order chi connectivity index (χ0) is 13.0. The van der Waals surface area contributed by atoms with Crippen LogP contribution in [0.5, 0.6) is 0 Å². The lowest BCUT2D eigenvalue weighted by Gasteiger charge is -2.05. The highest BCUT2D eigenvalue weighted by Crippen LogP contribution is 2.07. The Labute approximate surface area is 104 Å². The van der Waals surface area contributed by atoms with Gasteiger partial charge in [0.25, 0.3) is 0 Å². The molecule has 4 heteroatoms. The van der Waals surface area contributed by atoms with E-state index in [0.717, 1.165) is 0 Å². The number of benzene rings is 1. The van der Waals surface area contributed by atoms with E-state index in [1.54, 1.807) is 35.2 Å². The van der Waals surface area contributed by atoms with Gasteiger partial charge < -0.3 is 4.57 Å². The van der Waals surface area contributed by atoms with Gasteiger partial charge in [0.2, 0.25) is 0 Å².